The fourth-order valence-electron chi connectivity index (χ4n) is 1.17. The Bertz CT molecular complexity index is 371. The second-order valence-electron chi connectivity index (χ2n) is 3.02. The summed E-state index contributed by atoms with van der Waals surface area (Å²) in [6.45, 7) is 1.92. The summed E-state index contributed by atoms with van der Waals surface area (Å²) in [6, 6.07) is 7.40. The number of carbonyl (C=O) groups is 1. The minimum absolute atomic E-state index is 0.132. The first-order chi connectivity index (χ1) is 6.63. The highest BCUT2D eigenvalue weighted by Crippen LogP contribution is 2.05. The zero-order chi connectivity index (χ0) is 10.6. The lowest BCUT2D eigenvalue weighted by molar-refractivity contribution is -0.129. The molecule has 1 rings (SSSR count). The summed E-state index contributed by atoms with van der Waals surface area (Å²) in [6.07, 6.45) is 0.132. The zero-order valence-electron chi connectivity index (χ0n) is 7.77. The SMILES string of the molecule is Cc1cccc(C/C(=N/O)C(=O)O)c1. The Labute approximate surface area is 81.5 Å². The fraction of sp³-hybridized carbons (Fsp3) is 0.200. The van der Waals surface area contributed by atoms with Crippen LogP contribution >= 0.6 is 0 Å². The Balaban J connectivity index is 2.83. The first-order valence-electron chi connectivity index (χ1n) is 4.13. The zero-order valence-corrected chi connectivity index (χ0v) is 7.77. The number of aryl methyl sites for hydroxylation is 1. The molecule has 2 N–H and O–H groups in total. The first kappa shape index (κ1) is 10.2. The highest BCUT2D eigenvalue weighted by atomic mass is 16.4. The minimum atomic E-state index is -1.20. The van der Waals surface area contributed by atoms with Crippen molar-refractivity contribution in [2.24, 2.45) is 5.16 Å². The molecule has 0 fully saturated rings. The summed E-state index contributed by atoms with van der Waals surface area (Å²) < 4.78 is 0. The first-order valence-corrected chi connectivity index (χ1v) is 4.13. The van der Waals surface area contributed by atoms with E-state index in [1.54, 1.807) is 6.07 Å². The van der Waals surface area contributed by atoms with Crippen molar-refractivity contribution in [3.63, 3.8) is 0 Å². The Morgan fingerprint density at radius 1 is 1.50 bits per heavy atom. The number of oxime groups is 1. The Morgan fingerprint density at radius 3 is 2.71 bits per heavy atom. The molecule has 0 saturated heterocycles. The molecule has 0 aliphatic heterocycles. The van der Waals surface area contributed by atoms with Crippen molar-refractivity contribution in [3.05, 3.63) is 35.4 Å². The van der Waals surface area contributed by atoms with Gasteiger partial charge in [-0.05, 0) is 12.5 Å². The summed E-state index contributed by atoms with van der Waals surface area (Å²) in [7, 11) is 0. The lowest BCUT2D eigenvalue weighted by Gasteiger charge is -2.00. The van der Waals surface area contributed by atoms with Crippen LogP contribution in [0, 0.1) is 6.92 Å². The third-order valence-corrected chi connectivity index (χ3v) is 1.82. The van der Waals surface area contributed by atoms with E-state index in [0.29, 0.717) is 0 Å². The summed E-state index contributed by atoms with van der Waals surface area (Å²) in [5.41, 5.74) is 1.61. The van der Waals surface area contributed by atoms with Crippen molar-refractivity contribution in [3.8, 4) is 0 Å². The molecule has 0 aromatic heterocycles. The predicted molar refractivity (Wildman–Crippen MR) is 51.7 cm³/mol. The monoisotopic (exact) mass is 193 g/mol. The smallest absolute Gasteiger partial charge is 0.354 e. The summed E-state index contributed by atoms with van der Waals surface area (Å²) in [5.74, 6) is -1.20. The number of rotatable bonds is 3. The van der Waals surface area contributed by atoms with Crippen LogP contribution in [-0.4, -0.2) is 22.0 Å². The van der Waals surface area contributed by atoms with E-state index in [-0.39, 0.29) is 12.1 Å². The molecule has 0 bridgehead atoms. The van der Waals surface area contributed by atoms with E-state index in [2.05, 4.69) is 5.16 Å². The third-order valence-electron chi connectivity index (χ3n) is 1.82. The molecule has 14 heavy (non-hydrogen) atoms. The molecule has 74 valence electrons. The van der Waals surface area contributed by atoms with Crippen molar-refractivity contribution < 1.29 is 15.1 Å². The van der Waals surface area contributed by atoms with E-state index in [9.17, 15) is 4.79 Å². The molecule has 1 aromatic carbocycles. The molecule has 0 aliphatic rings. The van der Waals surface area contributed by atoms with Gasteiger partial charge in [-0.3, -0.25) is 0 Å². The summed E-state index contributed by atoms with van der Waals surface area (Å²) in [5, 5.41) is 19.8. The molecule has 1 aromatic rings. The topological polar surface area (TPSA) is 69.9 Å². The molecule has 4 nitrogen and oxygen atoms in total. The second kappa shape index (κ2) is 4.41. The molecule has 0 aliphatic carbocycles. The molecule has 0 spiro atoms. The molecule has 0 amide bonds. The van der Waals surface area contributed by atoms with Gasteiger partial charge in [0.15, 0.2) is 5.71 Å². The van der Waals surface area contributed by atoms with Gasteiger partial charge in [0, 0.05) is 6.42 Å². The van der Waals surface area contributed by atoms with Crippen LogP contribution in [0.2, 0.25) is 0 Å². The third kappa shape index (κ3) is 2.58. The van der Waals surface area contributed by atoms with Gasteiger partial charge in [0.1, 0.15) is 0 Å². The highest BCUT2D eigenvalue weighted by Gasteiger charge is 2.10. The maximum absolute atomic E-state index is 10.5. The van der Waals surface area contributed by atoms with Gasteiger partial charge in [-0.15, -0.1) is 0 Å². The van der Waals surface area contributed by atoms with Crippen LogP contribution in [0.15, 0.2) is 29.4 Å². The molecule has 0 unspecified atom stereocenters. The lowest BCUT2D eigenvalue weighted by Crippen LogP contribution is -2.15. The second-order valence-corrected chi connectivity index (χ2v) is 3.02. The van der Waals surface area contributed by atoms with E-state index in [4.69, 9.17) is 10.3 Å². The Kier molecular flexibility index (Phi) is 3.23. The molecule has 0 atom stereocenters. The number of carboxylic acids is 1. The van der Waals surface area contributed by atoms with Crippen molar-refractivity contribution in [1.82, 2.24) is 0 Å². The van der Waals surface area contributed by atoms with E-state index < -0.39 is 5.97 Å². The highest BCUT2D eigenvalue weighted by molar-refractivity contribution is 6.35. The molecule has 0 saturated carbocycles. The van der Waals surface area contributed by atoms with Gasteiger partial charge in [-0.2, -0.15) is 0 Å². The summed E-state index contributed by atoms with van der Waals surface area (Å²) in [4.78, 5) is 10.5. The van der Waals surface area contributed by atoms with E-state index in [1.165, 1.54) is 0 Å². The molecule has 0 heterocycles. The maximum Gasteiger partial charge on any atom is 0.354 e. The van der Waals surface area contributed by atoms with Crippen molar-refractivity contribution in [2.45, 2.75) is 13.3 Å². The van der Waals surface area contributed by atoms with Crippen LogP contribution < -0.4 is 0 Å². The standard InChI is InChI=1S/C10H11NO3/c1-7-3-2-4-8(5-7)6-9(11-14)10(12)13/h2-5,14H,6H2,1H3,(H,12,13)/b11-9-. The Hall–Kier alpha value is -1.84. The van der Waals surface area contributed by atoms with Crippen LogP contribution in [0.4, 0.5) is 0 Å². The molecular weight excluding hydrogens is 182 g/mol. The number of hydrogen-bond donors (Lipinski definition) is 2. The average molecular weight is 193 g/mol. The lowest BCUT2D eigenvalue weighted by atomic mass is 10.1. The van der Waals surface area contributed by atoms with Gasteiger partial charge in [-0.25, -0.2) is 4.79 Å². The van der Waals surface area contributed by atoms with E-state index in [1.807, 2.05) is 25.1 Å². The van der Waals surface area contributed by atoms with Crippen molar-refractivity contribution >= 4 is 11.7 Å². The van der Waals surface area contributed by atoms with Gasteiger partial charge in [0.2, 0.25) is 0 Å². The van der Waals surface area contributed by atoms with Gasteiger partial charge in [-0.1, -0.05) is 35.0 Å². The average Bonchev–Trinajstić information content (AvgIpc) is 2.14. The van der Waals surface area contributed by atoms with Crippen molar-refractivity contribution in [2.75, 3.05) is 0 Å². The number of carboxylic acid groups (broad SMARTS) is 1. The number of hydrogen-bond acceptors (Lipinski definition) is 3. The van der Waals surface area contributed by atoms with Crippen LogP contribution in [0.1, 0.15) is 11.1 Å². The number of benzene rings is 1. The van der Waals surface area contributed by atoms with Crippen molar-refractivity contribution in [1.29, 1.82) is 0 Å². The van der Waals surface area contributed by atoms with Gasteiger partial charge < -0.3 is 10.3 Å². The molecular formula is C10H11NO3. The van der Waals surface area contributed by atoms with Crippen LogP contribution in [0.5, 0.6) is 0 Å². The largest absolute Gasteiger partial charge is 0.477 e. The number of nitrogens with zero attached hydrogens (tertiary/aromatic N) is 1. The molecule has 4 heteroatoms. The van der Waals surface area contributed by atoms with Gasteiger partial charge >= 0.3 is 5.97 Å². The van der Waals surface area contributed by atoms with Gasteiger partial charge in [0.25, 0.3) is 0 Å². The van der Waals surface area contributed by atoms with Gasteiger partial charge in [0.05, 0.1) is 0 Å². The van der Waals surface area contributed by atoms with Crippen LogP contribution in [0.25, 0.3) is 0 Å². The quantitative estimate of drug-likeness (QED) is 0.433. The molecule has 0 radical (unpaired) electrons. The van der Waals surface area contributed by atoms with E-state index >= 15 is 0 Å². The van der Waals surface area contributed by atoms with Crippen LogP contribution in [0.3, 0.4) is 0 Å². The normalized spacial score (nSPS) is 11.4. The summed E-state index contributed by atoms with van der Waals surface area (Å²) >= 11 is 0. The minimum Gasteiger partial charge on any atom is -0.477 e. The number of aliphatic carboxylic acids is 1. The van der Waals surface area contributed by atoms with E-state index in [0.717, 1.165) is 11.1 Å². The van der Waals surface area contributed by atoms with Crippen LogP contribution in [-0.2, 0) is 11.2 Å². The Morgan fingerprint density at radius 2 is 2.21 bits per heavy atom. The predicted octanol–water partition coefficient (Wildman–Crippen LogP) is 1.45. The fourth-order valence-corrected chi connectivity index (χ4v) is 1.17. The maximum atomic E-state index is 10.5.